The first-order chi connectivity index (χ1) is 14.4. The van der Waals surface area contributed by atoms with Crippen LogP contribution >= 0.6 is 24.0 Å². The van der Waals surface area contributed by atoms with Crippen molar-refractivity contribution in [3.8, 4) is 0 Å². The van der Waals surface area contributed by atoms with E-state index in [4.69, 9.17) is 4.52 Å². The summed E-state index contributed by atoms with van der Waals surface area (Å²) in [6.07, 6.45) is 1.63. The smallest absolute Gasteiger partial charge is 0.243 e. The minimum atomic E-state index is -3.40. The Morgan fingerprint density at radius 2 is 1.90 bits per heavy atom. The minimum Gasteiger partial charge on any atom is -0.359 e. The maximum atomic E-state index is 12.7. The third-order valence-electron chi connectivity index (χ3n) is 5.34. The molecule has 31 heavy (non-hydrogen) atoms. The predicted octanol–water partition coefficient (Wildman–Crippen LogP) is 3.18. The maximum absolute atomic E-state index is 12.7. The molecule has 0 aliphatic carbocycles. The lowest BCUT2D eigenvalue weighted by atomic mass is 9.98. The second-order valence-electron chi connectivity index (χ2n) is 7.84. The van der Waals surface area contributed by atoms with E-state index >= 15 is 0 Å². The largest absolute Gasteiger partial charge is 0.359 e. The lowest BCUT2D eigenvalue weighted by Gasteiger charge is -2.31. The van der Waals surface area contributed by atoms with Gasteiger partial charge in [0.15, 0.2) is 11.7 Å². The zero-order chi connectivity index (χ0) is 21.6. The highest BCUT2D eigenvalue weighted by molar-refractivity contribution is 14.0. The van der Waals surface area contributed by atoms with Gasteiger partial charge in [-0.25, -0.2) is 8.42 Å². The van der Waals surface area contributed by atoms with Crippen LogP contribution in [0, 0.1) is 5.92 Å². The first kappa shape index (κ1) is 25.6. The van der Waals surface area contributed by atoms with Gasteiger partial charge in [-0.15, -0.1) is 24.0 Å². The van der Waals surface area contributed by atoms with Crippen LogP contribution in [-0.4, -0.2) is 50.5 Å². The van der Waals surface area contributed by atoms with Crippen LogP contribution in [0.1, 0.15) is 44.1 Å². The molecule has 3 rings (SSSR count). The number of guanidine groups is 1. The molecule has 1 fully saturated rings. The van der Waals surface area contributed by atoms with Crippen molar-refractivity contribution in [1.29, 1.82) is 0 Å². The van der Waals surface area contributed by atoms with Crippen LogP contribution in [0.4, 0.5) is 0 Å². The first-order valence-corrected chi connectivity index (χ1v) is 11.8. The number of benzene rings is 1. The maximum Gasteiger partial charge on any atom is 0.243 e. The average Bonchev–Trinajstić information content (AvgIpc) is 3.24. The molecule has 1 aromatic carbocycles. The molecule has 2 heterocycles. The quantitative estimate of drug-likeness (QED) is 0.306. The Morgan fingerprint density at radius 1 is 1.23 bits per heavy atom. The topological polar surface area (TPSA) is 99.8 Å². The van der Waals surface area contributed by atoms with Crippen molar-refractivity contribution >= 4 is 40.0 Å². The lowest BCUT2D eigenvalue weighted by Crippen LogP contribution is -2.44. The van der Waals surface area contributed by atoms with Crippen molar-refractivity contribution < 1.29 is 12.9 Å². The summed E-state index contributed by atoms with van der Waals surface area (Å²) in [5, 5.41) is 10.6. The van der Waals surface area contributed by atoms with Crippen molar-refractivity contribution in [3.63, 3.8) is 0 Å². The summed E-state index contributed by atoms with van der Waals surface area (Å²) in [4.78, 5) is 4.61. The summed E-state index contributed by atoms with van der Waals surface area (Å²) in [5.41, 5.74) is 0.937. The zero-order valence-electron chi connectivity index (χ0n) is 18.2. The molecule has 1 aliphatic rings. The summed E-state index contributed by atoms with van der Waals surface area (Å²) >= 11 is 0. The third-order valence-corrected chi connectivity index (χ3v) is 7.25. The van der Waals surface area contributed by atoms with Crippen LogP contribution in [0.2, 0.25) is 0 Å². The molecular weight excluding hydrogens is 529 g/mol. The van der Waals surface area contributed by atoms with E-state index in [1.54, 1.807) is 35.6 Å². The molecule has 10 heteroatoms. The molecular formula is C21H32IN5O3S. The number of nitrogens with zero attached hydrogens (tertiary/aromatic N) is 3. The number of aliphatic imine (C=N–C) groups is 1. The van der Waals surface area contributed by atoms with Gasteiger partial charge < -0.3 is 15.2 Å². The number of hydrogen-bond donors (Lipinski definition) is 2. The van der Waals surface area contributed by atoms with Crippen LogP contribution in [0.15, 0.2) is 50.8 Å². The van der Waals surface area contributed by atoms with E-state index < -0.39 is 10.0 Å². The summed E-state index contributed by atoms with van der Waals surface area (Å²) in [6, 6.07) is 10.6. The molecule has 1 aromatic heterocycles. The van der Waals surface area contributed by atoms with Crippen LogP contribution < -0.4 is 10.6 Å². The summed E-state index contributed by atoms with van der Waals surface area (Å²) < 4.78 is 32.4. The van der Waals surface area contributed by atoms with Gasteiger partial charge in [-0.05, 0) is 36.8 Å². The highest BCUT2D eigenvalue weighted by Crippen LogP contribution is 2.23. The van der Waals surface area contributed by atoms with Gasteiger partial charge in [0.05, 0.1) is 17.1 Å². The van der Waals surface area contributed by atoms with Crippen LogP contribution in [-0.2, 0) is 16.6 Å². The molecule has 0 amide bonds. The van der Waals surface area contributed by atoms with Gasteiger partial charge in [0.1, 0.15) is 0 Å². The van der Waals surface area contributed by atoms with Gasteiger partial charge in [-0.1, -0.05) is 37.2 Å². The Morgan fingerprint density at radius 3 is 2.48 bits per heavy atom. The fraction of sp³-hybridized carbons (Fsp3) is 0.524. The van der Waals surface area contributed by atoms with E-state index in [0.29, 0.717) is 42.3 Å². The fourth-order valence-electron chi connectivity index (χ4n) is 3.41. The minimum absolute atomic E-state index is 0. The van der Waals surface area contributed by atoms with E-state index in [1.165, 1.54) is 0 Å². The van der Waals surface area contributed by atoms with Crippen molar-refractivity contribution in [2.45, 2.75) is 44.0 Å². The Bertz CT molecular complexity index is 939. The van der Waals surface area contributed by atoms with Gasteiger partial charge in [0, 0.05) is 32.7 Å². The number of nitrogens with one attached hydrogen (secondary N) is 2. The molecule has 1 aliphatic heterocycles. The van der Waals surface area contributed by atoms with Crippen molar-refractivity contribution in [2.24, 2.45) is 10.9 Å². The molecule has 1 saturated heterocycles. The fourth-order valence-corrected chi connectivity index (χ4v) is 4.90. The highest BCUT2D eigenvalue weighted by Gasteiger charge is 2.29. The Kier molecular flexibility index (Phi) is 9.76. The highest BCUT2D eigenvalue weighted by atomic mass is 127. The predicted molar refractivity (Wildman–Crippen MR) is 132 cm³/mol. The number of halogens is 1. The van der Waals surface area contributed by atoms with Gasteiger partial charge in [-0.3, -0.25) is 4.99 Å². The standard InChI is InChI=1S/C21H31N5O3S.HI/c1-16(2)20-13-18(29-25-20)15-24-21(22-3)23-14-17-9-11-26(12-10-17)30(27,28)19-7-5-4-6-8-19;/h4-8,13,16-17H,9-12,14-15H2,1-3H3,(H2,22,23,24);1H. The number of sulfonamides is 1. The molecule has 2 N–H and O–H groups in total. The Labute approximate surface area is 201 Å². The van der Waals surface area contributed by atoms with Gasteiger partial charge in [-0.2, -0.15) is 4.31 Å². The molecule has 0 unspecified atom stereocenters. The number of piperidine rings is 1. The Hall–Kier alpha value is -1.66. The van der Waals surface area contributed by atoms with E-state index in [0.717, 1.165) is 30.8 Å². The normalized spacial score (nSPS) is 16.2. The lowest BCUT2D eigenvalue weighted by molar-refractivity contribution is 0.273. The number of aromatic nitrogens is 1. The van der Waals surface area contributed by atoms with Crippen LogP contribution in [0.5, 0.6) is 0 Å². The first-order valence-electron chi connectivity index (χ1n) is 10.4. The van der Waals surface area contributed by atoms with Gasteiger partial charge in [0.25, 0.3) is 0 Å². The molecule has 0 spiro atoms. The van der Waals surface area contributed by atoms with E-state index in [2.05, 4.69) is 34.6 Å². The molecule has 0 atom stereocenters. The third kappa shape index (κ3) is 6.91. The number of rotatable bonds is 7. The molecule has 0 radical (unpaired) electrons. The number of hydrogen-bond acceptors (Lipinski definition) is 5. The molecule has 0 saturated carbocycles. The molecule has 8 nitrogen and oxygen atoms in total. The van der Waals surface area contributed by atoms with Crippen molar-refractivity contribution in [1.82, 2.24) is 20.1 Å². The monoisotopic (exact) mass is 561 g/mol. The van der Waals surface area contributed by atoms with E-state index in [-0.39, 0.29) is 24.0 Å². The van der Waals surface area contributed by atoms with E-state index in [9.17, 15) is 8.42 Å². The van der Waals surface area contributed by atoms with Gasteiger partial charge in [0.2, 0.25) is 10.0 Å². The van der Waals surface area contributed by atoms with Crippen LogP contribution in [0.25, 0.3) is 0 Å². The van der Waals surface area contributed by atoms with Crippen molar-refractivity contribution in [2.75, 3.05) is 26.7 Å². The second kappa shape index (κ2) is 11.8. The summed E-state index contributed by atoms with van der Waals surface area (Å²) in [5.74, 6) is 2.18. The van der Waals surface area contributed by atoms with E-state index in [1.807, 2.05) is 12.1 Å². The van der Waals surface area contributed by atoms with Crippen molar-refractivity contribution in [3.05, 3.63) is 47.9 Å². The second-order valence-corrected chi connectivity index (χ2v) is 9.78. The molecule has 172 valence electrons. The SMILES string of the molecule is CN=C(NCc1cc(C(C)C)no1)NCC1CCN(S(=O)(=O)c2ccccc2)CC1.I. The molecule has 0 bridgehead atoms. The summed E-state index contributed by atoms with van der Waals surface area (Å²) in [6.45, 7) is 6.47. The average molecular weight is 561 g/mol. The van der Waals surface area contributed by atoms with Crippen LogP contribution in [0.3, 0.4) is 0 Å². The molecule has 2 aromatic rings. The zero-order valence-corrected chi connectivity index (χ0v) is 21.4. The Balaban J connectivity index is 0.00000341. The van der Waals surface area contributed by atoms with Gasteiger partial charge >= 0.3 is 0 Å². The summed E-state index contributed by atoms with van der Waals surface area (Å²) in [7, 11) is -1.68.